The first-order valence-corrected chi connectivity index (χ1v) is 7.38. The van der Waals surface area contributed by atoms with Crippen LogP contribution in [0.1, 0.15) is 26.0 Å². The molecule has 0 aliphatic carbocycles. The molecule has 2 heterocycles. The highest BCUT2D eigenvalue weighted by Gasteiger charge is 2.56. The van der Waals surface area contributed by atoms with E-state index in [1.54, 1.807) is 0 Å². The Kier molecular flexibility index (Phi) is 5.40. The molecular weight excluding hydrogens is 340 g/mol. The lowest BCUT2D eigenvalue weighted by Crippen LogP contribution is -2.49. The Balaban J connectivity index is 2.26. The molecule has 4 atom stereocenters. The van der Waals surface area contributed by atoms with Crippen LogP contribution in [-0.4, -0.2) is 61.2 Å². The van der Waals surface area contributed by atoms with E-state index in [-0.39, 0.29) is 0 Å². The van der Waals surface area contributed by atoms with Gasteiger partial charge in [-0.25, -0.2) is 4.79 Å². The molecule has 0 radical (unpaired) electrons. The summed E-state index contributed by atoms with van der Waals surface area (Å²) in [6.07, 6.45) is -3.62. The van der Waals surface area contributed by atoms with Crippen LogP contribution >= 0.6 is 0 Å². The number of nitrogens with zero attached hydrogens (tertiary/aromatic N) is 1. The van der Waals surface area contributed by atoms with Crippen molar-refractivity contribution in [2.45, 2.75) is 43.8 Å². The summed E-state index contributed by atoms with van der Waals surface area (Å²) in [4.78, 5) is 47.3. The first kappa shape index (κ1) is 18.8. The van der Waals surface area contributed by atoms with Crippen molar-refractivity contribution in [2.24, 2.45) is 0 Å². The zero-order chi connectivity index (χ0) is 18.8. The second-order valence-corrected chi connectivity index (χ2v) is 5.76. The molecule has 25 heavy (non-hydrogen) atoms. The number of carbonyl (C=O) groups excluding carboxylic acids is 1. The molecular formula is C14H18N2O9. The number of hydrogen-bond acceptors (Lipinski definition) is 8. The summed E-state index contributed by atoms with van der Waals surface area (Å²) in [6, 6.07) is 1.04. The number of H-pyrrole nitrogens is 1. The van der Waals surface area contributed by atoms with Gasteiger partial charge in [0.2, 0.25) is 0 Å². The molecule has 0 spiro atoms. The number of aliphatic hydroxyl groups excluding tert-OH is 1. The monoisotopic (exact) mass is 358 g/mol. The summed E-state index contributed by atoms with van der Waals surface area (Å²) in [6.45, 7) is 0.613. The smallest absolute Gasteiger partial charge is 0.330 e. The fourth-order valence-electron chi connectivity index (χ4n) is 2.59. The van der Waals surface area contributed by atoms with Crippen molar-refractivity contribution in [3.8, 4) is 0 Å². The fraction of sp³-hybridized carbons (Fsp3) is 0.571. The van der Waals surface area contributed by atoms with Crippen molar-refractivity contribution in [3.63, 3.8) is 0 Å². The van der Waals surface area contributed by atoms with Crippen molar-refractivity contribution in [2.75, 3.05) is 6.61 Å². The fourth-order valence-corrected chi connectivity index (χ4v) is 2.59. The van der Waals surface area contributed by atoms with Gasteiger partial charge in [0.1, 0.15) is 11.7 Å². The number of aliphatic hydroxyl groups is 2. The highest BCUT2D eigenvalue weighted by Crippen LogP contribution is 2.39. The van der Waals surface area contributed by atoms with E-state index >= 15 is 0 Å². The number of ether oxygens (including phenoxy) is 2. The van der Waals surface area contributed by atoms with Gasteiger partial charge in [-0.3, -0.25) is 23.9 Å². The summed E-state index contributed by atoms with van der Waals surface area (Å²) in [7, 11) is 0. The normalized spacial score (nSPS) is 28.7. The molecule has 0 unspecified atom stereocenters. The van der Waals surface area contributed by atoms with Crippen LogP contribution in [0.3, 0.4) is 0 Å². The average Bonchev–Trinajstić information content (AvgIpc) is 2.76. The van der Waals surface area contributed by atoms with Gasteiger partial charge in [-0.05, 0) is 6.92 Å². The number of carbonyl (C=O) groups is 2. The van der Waals surface area contributed by atoms with Gasteiger partial charge in [0.25, 0.3) is 5.56 Å². The van der Waals surface area contributed by atoms with Crippen molar-refractivity contribution >= 4 is 11.9 Å². The Labute approximate surface area is 140 Å². The average molecular weight is 358 g/mol. The Bertz CT molecular complexity index is 766. The maximum atomic E-state index is 11.9. The molecule has 1 aliphatic rings. The lowest BCUT2D eigenvalue weighted by atomic mass is 9.96. The van der Waals surface area contributed by atoms with Gasteiger partial charge < -0.3 is 24.8 Å². The molecule has 0 aromatic carbocycles. The number of aromatic amines is 1. The Morgan fingerprint density at radius 1 is 1.40 bits per heavy atom. The molecule has 11 heteroatoms. The highest BCUT2D eigenvalue weighted by molar-refractivity contribution is 5.76. The van der Waals surface area contributed by atoms with E-state index in [0.29, 0.717) is 0 Å². The number of aromatic nitrogens is 2. The lowest BCUT2D eigenvalue weighted by Gasteiger charge is -2.29. The Morgan fingerprint density at radius 2 is 2.08 bits per heavy atom. The Morgan fingerprint density at radius 3 is 2.64 bits per heavy atom. The van der Waals surface area contributed by atoms with Crippen molar-refractivity contribution in [1.29, 1.82) is 0 Å². The molecule has 0 saturated carbocycles. The predicted molar refractivity (Wildman–Crippen MR) is 79.7 cm³/mol. The maximum Gasteiger partial charge on any atom is 0.330 e. The molecule has 0 bridgehead atoms. The topological polar surface area (TPSA) is 168 Å². The summed E-state index contributed by atoms with van der Waals surface area (Å²) in [5.74, 6) is -2.09. The molecule has 1 aromatic rings. The summed E-state index contributed by atoms with van der Waals surface area (Å²) in [5.41, 5.74) is -3.42. The van der Waals surface area contributed by atoms with Crippen molar-refractivity contribution in [1.82, 2.24) is 9.55 Å². The summed E-state index contributed by atoms with van der Waals surface area (Å²) >= 11 is 0. The first-order chi connectivity index (χ1) is 11.7. The van der Waals surface area contributed by atoms with E-state index in [2.05, 4.69) is 0 Å². The largest absolute Gasteiger partial charge is 0.481 e. The van der Waals surface area contributed by atoms with Crippen LogP contribution in [0.4, 0.5) is 0 Å². The first-order valence-electron chi connectivity index (χ1n) is 7.38. The third-order valence-electron chi connectivity index (χ3n) is 3.80. The molecule has 0 amide bonds. The van der Waals surface area contributed by atoms with Gasteiger partial charge in [0.05, 0.1) is 19.4 Å². The van der Waals surface area contributed by atoms with Gasteiger partial charge in [-0.2, -0.15) is 0 Å². The van der Waals surface area contributed by atoms with Gasteiger partial charge in [0.15, 0.2) is 12.3 Å². The minimum Gasteiger partial charge on any atom is -0.481 e. The Hall–Kier alpha value is -2.50. The van der Waals surface area contributed by atoms with E-state index < -0.39 is 66.7 Å². The van der Waals surface area contributed by atoms with Gasteiger partial charge in [0, 0.05) is 12.3 Å². The van der Waals surface area contributed by atoms with Gasteiger partial charge >= 0.3 is 17.6 Å². The predicted octanol–water partition coefficient (Wildman–Crippen LogP) is -2.05. The molecule has 138 valence electrons. The number of hydrogen-bond donors (Lipinski definition) is 4. The number of carboxylic acid groups (broad SMARTS) is 1. The van der Waals surface area contributed by atoms with Crippen LogP contribution in [0.15, 0.2) is 21.9 Å². The van der Waals surface area contributed by atoms with E-state index in [0.717, 1.165) is 16.8 Å². The highest BCUT2D eigenvalue weighted by atomic mass is 16.6. The van der Waals surface area contributed by atoms with E-state index in [9.17, 15) is 29.4 Å². The van der Waals surface area contributed by atoms with E-state index in [1.165, 1.54) is 6.92 Å². The third-order valence-corrected chi connectivity index (χ3v) is 3.80. The second kappa shape index (κ2) is 7.17. The van der Waals surface area contributed by atoms with Crippen LogP contribution in [-0.2, 0) is 19.1 Å². The molecule has 4 N–H and O–H groups in total. The molecule has 2 rings (SSSR count). The molecule has 1 aliphatic heterocycles. The third kappa shape index (κ3) is 3.95. The van der Waals surface area contributed by atoms with Crippen LogP contribution in [0.5, 0.6) is 0 Å². The second-order valence-electron chi connectivity index (χ2n) is 5.76. The van der Waals surface area contributed by atoms with E-state index in [1.807, 2.05) is 4.98 Å². The van der Waals surface area contributed by atoms with Gasteiger partial charge in [-0.15, -0.1) is 0 Å². The molecule has 1 fully saturated rings. The van der Waals surface area contributed by atoms with Crippen molar-refractivity contribution < 1.29 is 34.4 Å². The van der Waals surface area contributed by atoms with Crippen LogP contribution in [0, 0.1) is 0 Å². The molecule has 1 saturated heterocycles. The lowest BCUT2D eigenvalue weighted by molar-refractivity contribution is -0.165. The van der Waals surface area contributed by atoms with E-state index in [4.69, 9.17) is 14.6 Å². The van der Waals surface area contributed by atoms with Crippen molar-refractivity contribution in [3.05, 3.63) is 33.1 Å². The number of nitrogens with one attached hydrogen (secondary N) is 1. The number of esters is 1. The SMILES string of the molecule is C[C@@]1(O)[C@H](OC(=O)CCC(=O)O)[C@@H](CO)O[C@H]1n1ccc(=O)[nH]c1=O. The molecule has 11 nitrogen and oxygen atoms in total. The number of carboxylic acids is 1. The molecule has 1 aromatic heterocycles. The minimum absolute atomic E-state index is 0.427. The quantitative estimate of drug-likeness (QED) is 0.418. The standard InChI is InChI=1S/C14H18N2O9/c1-14(23)11(25-10(21)3-2-9(19)20)7(6-17)24-12(14)16-5-4-8(18)15-13(16)22/h4-5,7,11-12,17,23H,2-3,6H2,1H3,(H,19,20)(H,15,18,22)/t7-,11-,12-,14-/m1/s1. The summed E-state index contributed by atoms with van der Waals surface area (Å²) in [5, 5.41) is 28.7. The maximum absolute atomic E-state index is 11.9. The van der Waals surface area contributed by atoms with Crippen LogP contribution < -0.4 is 11.2 Å². The summed E-state index contributed by atoms with van der Waals surface area (Å²) < 4.78 is 11.4. The zero-order valence-corrected chi connectivity index (χ0v) is 13.2. The minimum atomic E-state index is -1.92. The van der Waals surface area contributed by atoms with Gasteiger partial charge in [-0.1, -0.05) is 0 Å². The number of aliphatic carboxylic acids is 1. The number of rotatable bonds is 6. The van der Waals surface area contributed by atoms with Crippen LogP contribution in [0.2, 0.25) is 0 Å². The zero-order valence-electron chi connectivity index (χ0n) is 13.2. The van der Waals surface area contributed by atoms with Crippen LogP contribution in [0.25, 0.3) is 0 Å².